The van der Waals surface area contributed by atoms with Crippen molar-refractivity contribution in [1.82, 2.24) is 14.7 Å². The summed E-state index contributed by atoms with van der Waals surface area (Å²) in [5, 5.41) is 12.9. The average Bonchev–Trinajstić information content (AvgIpc) is 2.53. The van der Waals surface area contributed by atoms with E-state index in [1.54, 1.807) is 20.0 Å². The lowest BCUT2D eigenvalue weighted by molar-refractivity contribution is 0.0670. The van der Waals surface area contributed by atoms with Crippen LogP contribution in [0.3, 0.4) is 0 Å². The number of urea groups is 1. The van der Waals surface area contributed by atoms with Gasteiger partial charge >= 0.3 is 6.03 Å². The van der Waals surface area contributed by atoms with Gasteiger partial charge in [0, 0.05) is 52.0 Å². The van der Waals surface area contributed by atoms with Gasteiger partial charge in [-0.25, -0.2) is 9.18 Å². The molecule has 0 bridgehead atoms. The number of rotatable bonds is 5. The van der Waals surface area contributed by atoms with Crippen LogP contribution in [0, 0.1) is 12.7 Å². The normalized spacial score (nSPS) is 17.5. The summed E-state index contributed by atoms with van der Waals surface area (Å²) in [5.74, 6) is -0.302. The smallest absolute Gasteiger partial charge is 0.321 e. The summed E-state index contributed by atoms with van der Waals surface area (Å²) in [7, 11) is 3.72. The number of carbonyl (C=O) groups excluding carboxylic acids is 1. The fourth-order valence-electron chi connectivity index (χ4n) is 2.73. The zero-order chi connectivity index (χ0) is 17.7. The monoisotopic (exact) mass is 338 g/mol. The van der Waals surface area contributed by atoms with E-state index in [9.17, 15) is 14.3 Å². The molecule has 2 amide bonds. The number of anilines is 1. The summed E-state index contributed by atoms with van der Waals surface area (Å²) in [6.07, 6.45) is -0.598. The maximum absolute atomic E-state index is 13.2. The predicted molar refractivity (Wildman–Crippen MR) is 92.7 cm³/mol. The Morgan fingerprint density at radius 1 is 1.38 bits per heavy atom. The highest BCUT2D eigenvalue weighted by Crippen LogP contribution is 2.14. The van der Waals surface area contributed by atoms with Crippen LogP contribution in [0.2, 0.25) is 0 Å². The number of carbonyl (C=O) groups is 1. The Hall–Kier alpha value is -1.70. The Kier molecular flexibility index (Phi) is 6.53. The van der Waals surface area contributed by atoms with Crippen molar-refractivity contribution in [3.63, 3.8) is 0 Å². The molecule has 1 aromatic rings. The molecule has 2 rings (SSSR count). The lowest BCUT2D eigenvalue weighted by Gasteiger charge is -2.34. The minimum atomic E-state index is -0.598. The molecule has 1 aliphatic heterocycles. The topological polar surface area (TPSA) is 59.1 Å². The van der Waals surface area contributed by atoms with Crippen LogP contribution in [-0.4, -0.2) is 85.3 Å². The fourth-order valence-corrected chi connectivity index (χ4v) is 2.73. The summed E-state index contributed by atoms with van der Waals surface area (Å²) < 4.78 is 13.2. The lowest BCUT2D eigenvalue weighted by atomic mass is 10.2. The van der Waals surface area contributed by atoms with Crippen LogP contribution in [-0.2, 0) is 0 Å². The van der Waals surface area contributed by atoms with Crippen molar-refractivity contribution in [3.8, 4) is 0 Å². The number of aliphatic hydroxyl groups is 1. The highest BCUT2D eigenvalue weighted by molar-refractivity contribution is 5.89. The maximum atomic E-state index is 13.2. The van der Waals surface area contributed by atoms with E-state index in [1.165, 1.54) is 17.0 Å². The maximum Gasteiger partial charge on any atom is 0.321 e. The van der Waals surface area contributed by atoms with Crippen LogP contribution in [0.5, 0.6) is 0 Å². The number of likely N-dealkylation sites (N-methyl/N-ethyl adjacent to an activating group) is 2. The van der Waals surface area contributed by atoms with Crippen molar-refractivity contribution >= 4 is 11.7 Å². The zero-order valence-corrected chi connectivity index (χ0v) is 14.6. The molecule has 6 nitrogen and oxygen atoms in total. The van der Waals surface area contributed by atoms with Crippen LogP contribution in [0.15, 0.2) is 18.2 Å². The minimum absolute atomic E-state index is 0.248. The van der Waals surface area contributed by atoms with Crippen molar-refractivity contribution in [2.24, 2.45) is 0 Å². The molecule has 24 heavy (non-hydrogen) atoms. The lowest BCUT2D eigenvalue weighted by Crippen LogP contribution is -2.49. The Labute approximate surface area is 142 Å². The average molecular weight is 338 g/mol. The molecule has 0 aliphatic carbocycles. The summed E-state index contributed by atoms with van der Waals surface area (Å²) in [6, 6.07) is 4.11. The molecule has 0 radical (unpaired) electrons. The molecular weight excluding hydrogens is 311 g/mol. The second kappa shape index (κ2) is 8.41. The number of β-amino-alcohol motifs (C(OH)–C–C–N with tert-alkyl or cyclic N) is 1. The van der Waals surface area contributed by atoms with E-state index < -0.39 is 6.10 Å². The quantitative estimate of drug-likeness (QED) is 0.847. The van der Waals surface area contributed by atoms with Crippen molar-refractivity contribution in [3.05, 3.63) is 29.6 Å². The number of nitrogens with zero attached hydrogens (tertiary/aromatic N) is 3. The van der Waals surface area contributed by atoms with Crippen LogP contribution in [0.4, 0.5) is 14.9 Å². The van der Waals surface area contributed by atoms with E-state index in [1.807, 2.05) is 0 Å². The molecule has 1 fully saturated rings. The molecular formula is C17H27FN4O2. The Morgan fingerprint density at radius 3 is 2.67 bits per heavy atom. The molecule has 134 valence electrons. The number of aryl methyl sites for hydroxylation is 1. The Bertz CT molecular complexity index is 562. The van der Waals surface area contributed by atoms with E-state index >= 15 is 0 Å². The van der Waals surface area contributed by atoms with E-state index in [4.69, 9.17) is 0 Å². The number of piperazine rings is 1. The SMILES string of the molecule is Cc1cc(NC(=O)N(C)C[C@@H](O)CN2CCN(C)CC2)ccc1F. The number of nitrogens with one attached hydrogen (secondary N) is 1. The van der Waals surface area contributed by atoms with Gasteiger partial charge in [0.1, 0.15) is 5.82 Å². The molecule has 7 heteroatoms. The second-order valence-corrected chi connectivity index (χ2v) is 6.53. The van der Waals surface area contributed by atoms with Gasteiger partial charge in [-0.15, -0.1) is 0 Å². The molecule has 1 heterocycles. The van der Waals surface area contributed by atoms with E-state index in [2.05, 4.69) is 22.2 Å². The molecule has 1 aliphatic rings. The van der Waals surface area contributed by atoms with Gasteiger partial charge < -0.3 is 20.2 Å². The summed E-state index contributed by atoms with van der Waals surface area (Å²) in [6.45, 7) is 6.30. The van der Waals surface area contributed by atoms with Crippen LogP contribution in [0.25, 0.3) is 0 Å². The summed E-state index contributed by atoms with van der Waals surface area (Å²) >= 11 is 0. The van der Waals surface area contributed by atoms with Crippen LogP contribution in [0.1, 0.15) is 5.56 Å². The first-order valence-corrected chi connectivity index (χ1v) is 8.22. The molecule has 1 atom stereocenters. The van der Waals surface area contributed by atoms with Gasteiger partial charge in [-0.05, 0) is 37.7 Å². The molecule has 1 saturated heterocycles. The Balaban J connectivity index is 1.78. The van der Waals surface area contributed by atoms with Gasteiger partial charge in [0.15, 0.2) is 0 Å². The zero-order valence-electron chi connectivity index (χ0n) is 14.6. The largest absolute Gasteiger partial charge is 0.390 e. The van der Waals surface area contributed by atoms with Gasteiger partial charge in [0.25, 0.3) is 0 Å². The van der Waals surface area contributed by atoms with E-state index in [0.29, 0.717) is 17.8 Å². The number of hydrogen-bond acceptors (Lipinski definition) is 4. The first-order chi connectivity index (χ1) is 11.3. The van der Waals surface area contributed by atoms with E-state index in [0.717, 1.165) is 26.2 Å². The number of halogens is 1. The van der Waals surface area contributed by atoms with Crippen LogP contribution >= 0.6 is 0 Å². The van der Waals surface area contributed by atoms with Gasteiger partial charge in [-0.2, -0.15) is 0 Å². The van der Waals surface area contributed by atoms with Crippen molar-refractivity contribution in [2.75, 3.05) is 58.7 Å². The number of amides is 2. The van der Waals surface area contributed by atoms with Crippen molar-refractivity contribution in [1.29, 1.82) is 0 Å². The molecule has 1 aromatic carbocycles. The molecule has 0 spiro atoms. The number of aliphatic hydroxyl groups excluding tert-OH is 1. The molecule has 0 saturated carbocycles. The first-order valence-electron chi connectivity index (χ1n) is 8.22. The third kappa shape index (κ3) is 5.43. The van der Waals surface area contributed by atoms with Crippen molar-refractivity contribution < 1.29 is 14.3 Å². The predicted octanol–water partition coefficient (Wildman–Crippen LogP) is 1.21. The third-order valence-corrected chi connectivity index (χ3v) is 4.31. The molecule has 0 aromatic heterocycles. The first kappa shape index (κ1) is 18.6. The highest BCUT2D eigenvalue weighted by Gasteiger charge is 2.19. The fraction of sp³-hybridized carbons (Fsp3) is 0.588. The van der Waals surface area contributed by atoms with Crippen molar-refractivity contribution in [2.45, 2.75) is 13.0 Å². The molecule has 0 unspecified atom stereocenters. The third-order valence-electron chi connectivity index (χ3n) is 4.31. The van der Waals surface area contributed by atoms with Gasteiger partial charge in [-0.3, -0.25) is 4.90 Å². The highest BCUT2D eigenvalue weighted by atomic mass is 19.1. The number of benzene rings is 1. The van der Waals surface area contributed by atoms with Gasteiger partial charge in [0.05, 0.1) is 6.10 Å². The van der Waals surface area contributed by atoms with Gasteiger partial charge in [0.2, 0.25) is 0 Å². The summed E-state index contributed by atoms with van der Waals surface area (Å²) in [4.78, 5) is 18.1. The number of hydrogen-bond donors (Lipinski definition) is 2. The molecule has 2 N–H and O–H groups in total. The Morgan fingerprint density at radius 2 is 2.04 bits per heavy atom. The van der Waals surface area contributed by atoms with Gasteiger partial charge in [-0.1, -0.05) is 0 Å². The van der Waals surface area contributed by atoms with Crippen LogP contribution < -0.4 is 5.32 Å². The summed E-state index contributed by atoms with van der Waals surface area (Å²) in [5.41, 5.74) is 1.02. The standard InChI is InChI=1S/C17H27FN4O2/c1-13-10-14(4-5-16(13)18)19-17(24)21(3)11-15(23)12-22-8-6-20(2)7-9-22/h4-5,10,15,23H,6-9,11-12H2,1-3H3,(H,19,24)/t15-/m1/s1. The van der Waals surface area contributed by atoms with E-state index in [-0.39, 0.29) is 18.4 Å². The second-order valence-electron chi connectivity index (χ2n) is 6.53. The minimum Gasteiger partial charge on any atom is -0.390 e.